The number of hydrogen-bond donors (Lipinski definition) is 1. The molecule has 2 aromatic rings. The Morgan fingerprint density at radius 1 is 1.14 bits per heavy atom. The van der Waals surface area contributed by atoms with Gasteiger partial charge in [-0.25, -0.2) is 0 Å². The molecule has 1 fully saturated rings. The molecule has 0 bridgehead atoms. The Bertz CT molecular complexity index is 908. The van der Waals surface area contributed by atoms with Crippen LogP contribution in [0.25, 0.3) is 0 Å². The van der Waals surface area contributed by atoms with Crippen molar-refractivity contribution in [3.8, 4) is 0 Å². The van der Waals surface area contributed by atoms with Gasteiger partial charge in [0.05, 0.1) is 12.5 Å². The third kappa shape index (κ3) is 4.83. The first-order valence-corrected chi connectivity index (χ1v) is 9.88. The SMILES string of the molecule is CCc1ccccc1N1C[C@H](C(=O)N(C)CC(=O)Nc2ccc(C)cc2)CC1=O. The molecular formula is C23H27N3O3. The van der Waals surface area contributed by atoms with E-state index in [-0.39, 0.29) is 30.7 Å². The number of hydrogen-bond acceptors (Lipinski definition) is 3. The fraction of sp³-hybridized carbons (Fsp3) is 0.348. The largest absolute Gasteiger partial charge is 0.336 e. The van der Waals surface area contributed by atoms with E-state index in [1.165, 1.54) is 4.90 Å². The second-order valence-corrected chi connectivity index (χ2v) is 7.50. The lowest BCUT2D eigenvalue weighted by Crippen LogP contribution is -2.39. The minimum atomic E-state index is -0.440. The van der Waals surface area contributed by atoms with E-state index in [9.17, 15) is 14.4 Å². The number of nitrogens with one attached hydrogen (secondary N) is 1. The third-order valence-electron chi connectivity index (χ3n) is 5.23. The zero-order chi connectivity index (χ0) is 21.0. The van der Waals surface area contributed by atoms with E-state index < -0.39 is 5.92 Å². The molecule has 6 nitrogen and oxygen atoms in total. The Morgan fingerprint density at radius 2 is 1.83 bits per heavy atom. The highest BCUT2D eigenvalue weighted by Gasteiger charge is 2.37. The Balaban J connectivity index is 1.60. The first-order chi connectivity index (χ1) is 13.9. The topological polar surface area (TPSA) is 69.7 Å². The molecule has 2 aromatic carbocycles. The lowest BCUT2D eigenvalue weighted by atomic mass is 10.1. The minimum absolute atomic E-state index is 0.0526. The molecule has 0 aliphatic carbocycles. The summed E-state index contributed by atoms with van der Waals surface area (Å²) in [5.41, 5.74) is 3.75. The van der Waals surface area contributed by atoms with Crippen LogP contribution in [0.2, 0.25) is 0 Å². The van der Waals surface area contributed by atoms with Gasteiger partial charge in [0, 0.05) is 31.4 Å². The number of anilines is 2. The minimum Gasteiger partial charge on any atom is -0.336 e. The van der Waals surface area contributed by atoms with Gasteiger partial charge in [0.25, 0.3) is 0 Å². The lowest BCUT2D eigenvalue weighted by molar-refractivity contribution is -0.137. The molecule has 1 atom stereocenters. The van der Waals surface area contributed by atoms with Crippen LogP contribution in [0.15, 0.2) is 48.5 Å². The van der Waals surface area contributed by atoms with Crippen molar-refractivity contribution in [1.29, 1.82) is 0 Å². The van der Waals surface area contributed by atoms with E-state index in [0.717, 1.165) is 23.2 Å². The first-order valence-electron chi connectivity index (χ1n) is 9.88. The average molecular weight is 393 g/mol. The van der Waals surface area contributed by atoms with Crippen LogP contribution < -0.4 is 10.2 Å². The maximum absolute atomic E-state index is 12.8. The summed E-state index contributed by atoms with van der Waals surface area (Å²) < 4.78 is 0. The second-order valence-electron chi connectivity index (χ2n) is 7.50. The summed E-state index contributed by atoms with van der Waals surface area (Å²) in [5.74, 6) is -0.942. The number of benzene rings is 2. The van der Waals surface area contributed by atoms with E-state index in [4.69, 9.17) is 0 Å². The molecule has 1 aliphatic heterocycles. The number of likely N-dealkylation sites (N-methyl/N-ethyl adjacent to an activating group) is 1. The van der Waals surface area contributed by atoms with Crippen molar-refractivity contribution >= 4 is 29.1 Å². The highest BCUT2D eigenvalue weighted by atomic mass is 16.2. The summed E-state index contributed by atoms with van der Waals surface area (Å²) in [6.45, 7) is 4.31. The summed E-state index contributed by atoms with van der Waals surface area (Å²) in [7, 11) is 1.60. The molecule has 0 spiro atoms. The van der Waals surface area contributed by atoms with Crippen molar-refractivity contribution in [1.82, 2.24) is 4.90 Å². The number of amides is 3. The van der Waals surface area contributed by atoms with Crippen molar-refractivity contribution in [3.63, 3.8) is 0 Å². The van der Waals surface area contributed by atoms with Gasteiger partial charge in [-0.3, -0.25) is 14.4 Å². The Morgan fingerprint density at radius 3 is 2.52 bits per heavy atom. The highest BCUT2D eigenvalue weighted by Crippen LogP contribution is 2.29. The Kier molecular flexibility index (Phi) is 6.32. The van der Waals surface area contributed by atoms with Crippen LogP contribution in [0.3, 0.4) is 0 Å². The van der Waals surface area contributed by atoms with Gasteiger partial charge in [-0.15, -0.1) is 0 Å². The third-order valence-corrected chi connectivity index (χ3v) is 5.23. The van der Waals surface area contributed by atoms with Crippen molar-refractivity contribution in [2.45, 2.75) is 26.7 Å². The van der Waals surface area contributed by atoms with Gasteiger partial charge in [-0.05, 0) is 37.1 Å². The Labute approximate surface area is 171 Å². The molecule has 0 unspecified atom stereocenters. The predicted molar refractivity (Wildman–Crippen MR) is 114 cm³/mol. The van der Waals surface area contributed by atoms with Crippen LogP contribution in [-0.2, 0) is 20.8 Å². The number of aryl methyl sites for hydroxylation is 2. The van der Waals surface area contributed by atoms with Crippen LogP contribution in [0, 0.1) is 12.8 Å². The number of nitrogens with zero attached hydrogens (tertiary/aromatic N) is 2. The number of carbonyl (C=O) groups is 3. The zero-order valence-corrected chi connectivity index (χ0v) is 17.1. The normalized spacial score (nSPS) is 16.0. The smallest absolute Gasteiger partial charge is 0.243 e. The molecule has 1 heterocycles. The molecular weight excluding hydrogens is 366 g/mol. The van der Waals surface area contributed by atoms with Crippen LogP contribution in [0.4, 0.5) is 11.4 Å². The summed E-state index contributed by atoms with van der Waals surface area (Å²) >= 11 is 0. The van der Waals surface area contributed by atoms with Crippen molar-refractivity contribution in [3.05, 3.63) is 59.7 Å². The summed E-state index contributed by atoms with van der Waals surface area (Å²) in [6.07, 6.45) is 0.985. The van der Waals surface area contributed by atoms with Gasteiger partial charge in [0.15, 0.2) is 0 Å². The molecule has 0 saturated carbocycles. The van der Waals surface area contributed by atoms with Gasteiger partial charge < -0.3 is 15.1 Å². The van der Waals surface area contributed by atoms with Gasteiger partial charge in [0.2, 0.25) is 17.7 Å². The lowest BCUT2D eigenvalue weighted by Gasteiger charge is -2.22. The van der Waals surface area contributed by atoms with Crippen LogP contribution in [0.5, 0.6) is 0 Å². The maximum Gasteiger partial charge on any atom is 0.243 e. The van der Waals surface area contributed by atoms with E-state index >= 15 is 0 Å². The van der Waals surface area contributed by atoms with Crippen molar-refractivity contribution in [2.75, 3.05) is 30.4 Å². The molecule has 0 aromatic heterocycles. The van der Waals surface area contributed by atoms with Crippen LogP contribution in [0.1, 0.15) is 24.5 Å². The zero-order valence-electron chi connectivity index (χ0n) is 17.1. The monoisotopic (exact) mass is 393 g/mol. The van der Waals surface area contributed by atoms with Crippen LogP contribution >= 0.6 is 0 Å². The summed E-state index contributed by atoms with van der Waals surface area (Å²) in [6, 6.07) is 15.3. The first kappa shape index (κ1) is 20.6. The molecule has 1 saturated heterocycles. The van der Waals surface area contributed by atoms with Crippen molar-refractivity contribution < 1.29 is 14.4 Å². The molecule has 152 valence electrons. The van der Waals surface area contributed by atoms with Crippen LogP contribution in [-0.4, -0.2) is 42.8 Å². The van der Waals surface area contributed by atoms with Crippen molar-refractivity contribution in [2.24, 2.45) is 5.92 Å². The molecule has 6 heteroatoms. The number of para-hydroxylation sites is 1. The van der Waals surface area contributed by atoms with Gasteiger partial charge >= 0.3 is 0 Å². The van der Waals surface area contributed by atoms with E-state index in [1.54, 1.807) is 11.9 Å². The van der Waals surface area contributed by atoms with E-state index in [2.05, 4.69) is 5.32 Å². The molecule has 29 heavy (non-hydrogen) atoms. The average Bonchev–Trinajstić information content (AvgIpc) is 3.10. The molecule has 3 amide bonds. The fourth-order valence-corrected chi connectivity index (χ4v) is 3.62. The van der Waals surface area contributed by atoms with Gasteiger partial charge in [0.1, 0.15) is 0 Å². The molecule has 0 radical (unpaired) electrons. The standard InChI is InChI=1S/C23H27N3O3/c1-4-17-7-5-6-8-20(17)26-14-18(13-22(26)28)23(29)25(3)15-21(27)24-19-11-9-16(2)10-12-19/h5-12,18H,4,13-15H2,1-3H3,(H,24,27)/t18-/m1/s1. The quantitative estimate of drug-likeness (QED) is 0.820. The second kappa shape index (κ2) is 8.90. The molecule has 1 N–H and O–H groups in total. The summed E-state index contributed by atoms with van der Waals surface area (Å²) in [5, 5.41) is 2.79. The Hall–Kier alpha value is -3.15. The summed E-state index contributed by atoms with van der Waals surface area (Å²) in [4.78, 5) is 40.7. The molecule has 1 aliphatic rings. The maximum atomic E-state index is 12.8. The van der Waals surface area contributed by atoms with Gasteiger partial charge in [-0.2, -0.15) is 0 Å². The van der Waals surface area contributed by atoms with E-state index in [1.807, 2.05) is 62.4 Å². The predicted octanol–water partition coefficient (Wildman–Crippen LogP) is 3.01. The van der Waals surface area contributed by atoms with Gasteiger partial charge in [-0.1, -0.05) is 42.8 Å². The number of rotatable bonds is 6. The fourth-order valence-electron chi connectivity index (χ4n) is 3.62. The number of carbonyl (C=O) groups excluding carboxylic acids is 3. The van der Waals surface area contributed by atoms with E-state index in [0.29, 0.717) is 12.2 Å². The highest BCUT2D eigenvalue weighted by molar-refractivity contribution is 6.01. The molecule has 3 rings (SSSR count).